The van der Waals surface area contributed by atoms with Crippen molar-refractivity contribution in [2.75, 3.05) is 19.7 Å². The van der Waals surface area contributed by atoms with E-state index in [0.717, 1.165) is 5.69 Å². The first-order valence-electron chi connectivity index (χ1n) is 12.4. The van der Waals surface area contributed by atoms with Crippen LogP contribution in [0.3, 0.4) is 0 Å². The second-order valence-corrected chi connectivity index (χ2v) is 9.53. The molecule has 1 aromatic heterocycles. The predicted octanol–water partition coefficient (Wildman–Crippen LogP) is 6.94. The van der Waals surface area contributed by atoms with Crippen LogP contribution in [-0.4, -0.2) is 40.7 Å². The number of nitrogens with zero attached hydrogens (tertiary/aromatic N) is 2. The lowest BCUT2D eigenvalue weighted by atomic mass is 10.0. The van der Waals surface area contributed by atoms with Gasteiger partial charge in [-0.05, 0) is 41.8 Å². The minimum atomic E-state index is -2.98. The van der Waals surface area contributed by atoms with E-state index in [1.807, 2.05) is 18.2 Å². The van der Waals surface area contributed by atoms with E-state index in [2.05, 4.69) is 16.8 Å². The summed E-state index contributed by atoms with van der Waals surface area (Å²) < 4.78 is 34.8. The van der Waals surface area contributed by atoms with Crippen LogP contribution in [0.15, 0.2) is 66.9 Å². The molecule has 3 aromatic rings. The smallest absolute Gasteiger partial charge is 0.307 e. The number of alkyl halides is 2. The number of carboxylic acids is 1. The van der Waals surface area contributed by atoms with Crippen LogP contribution in [0.25, 0.3) is 0 Å². The first-order valence-corrected chi connectivity index (χ1v) is 12.8. The van der Waals surface area contributed by atoms with Crippen molar-refractivity contribution in [3.63, 3.8) is 0 Å². The van der Waals surface area contributed by atoms with Crippen molar-refractivity contribution < 1.29 is 23.4 Å². The van der Waals surface area contributed by atoms with Crippen molar-refractivity contribution in [2.24, 2.45) is 0 Å². The molecule has 8 heteroatoms. The predicted molar refractivity (Wildman–Crippen MR) is 141 cm³/mol. The average molecular weight is 531 g/mol. The van der Waals surface area contributed by atoms with Gasteiger partial charge in [0, 0.05) is 49.4 Å². The lowest BCUT2D eigenvalue weighted by Crippen LogP contribution is -2.30. The second-order valence-electron chi connectivity index (χ2n) is 9.15. The van der Waals surface area contributed by atoms with Crippen molar-refractivity contribution in [3.05, 3.63) is 94.3 Å². The molecule has 0 radical (unpaired) electrons. The SMILES string of the molecule is CCC(F)(F)c1cccc(CN(CCCOc2cccc(CC(=O)O)c2)CC(C)c2ccccn2)c1Cl. The van der Waals surface area contributed by atoms with E-state index in [1.54, 1.807) is 42.6 Å². The van der Waals surface area contributed by atoms with Crippen LogP contribution in [0.5, 0.6) is 5.75 Å². The van der Waals surface area contributed by atoms with Crippen molar-refractivity contribution in [1.82, 2.24) is 9.88 Å². The van der Waals surface area contributed by atoms with Crippen LogP contribution in [-0.2, 0) is 23.7 Å². The number of hydrogen-bond donors (Lipinski definition) is 1. The van der Waals surface area contributed by atoms with Gasteiger partial charge in [0.2, 0.25) is 0 Å². The van der Waals surface area contributed by atoms with Gasteiger partial charge in [-0.2, -0.15) is 0 Å². The molecule has 1 N–H and O–H groups in total. The van der Waals surface area contributed by atoms with Crippen LogP contribution < -0.4 is 4.74 Å². The maximum absolute atomic E-state index is 14.4. The van der Waals surface area contributed by atoms with Gasteiger partial charge >= 0.3 is 5.97 Å². The van der Waals surface area contributed by atoms with Crippen molar-refractivity contribution >= 4 is 17.6 Å². The number of aliphatic carboxylic acids is 1. The highest BCUT2D eigenvalue weighted by molar-refractivity contribution is 6.32. The van der Waals surface area contributed by atoms with Gasteiger partial charge in [-0.25, -0.2) is 8.78 Å². The summed E-state index contributed by atoms with van der Waals surface area (Å²) in [6.45, 7) is 5.68. The summed E-state index contributed by atoms with van der Waals surface area (Å²) in [5.41, 5.74) is 2.14. The number of benzene rings is 2. The molecule has 0 spiro atoms. The number of hydrogen-bond acceptors (Lipinski definition) is 4. The highest BCUT2D eigenvalue weighted by Crippen LogP contribution is 2.38. The van der Waals surface area contributed by atoms with Crippen LogP contribution in [0, 0.1) is 0 Å². The summed E-state index contributed by atoms with van der Waals surface area (Å²) in [7, 11) is 0. The second kappa shape index (κ2) is 13.5. The molecule has 0 aliphatic carbocycles. The van der Waals surface area contributed by atoms with Gasteiger partial charge < -0.3 is 9.84 Å². The highest BCUT2D eigenvalue weighted by Gasteiger charge is 2.32. The Balaban J connectivity index is 1.69. The fourth-order valence-corrected chi connectivity index (χ4v) is 4.52. The number of ether oxygens (including phenoxy) is 1. The number of halogens is 3. The zero-order chi connectivity index (χ0) is 26.8. The summed E-state index contributed by atoms with van der Waals surface area (Å²) in [6.07, 6.45) is 2.06. The first kappa shape index (κ1) is 28.5. The molecular formula is C29H33ClF2N2O3. The maximum Gasteiger partial charge on any atom is 0.307 e. The molecular weight excluding hydrogens is 498 g/mol. The fourth-order valence-electron chi connectivity index (χ4n) is 4.20. The van der Waals surface area contributed by atoms with Gasteiger partial charge in [-0.3, -0.25) is 14.7 Å². The van der Waals surface area contributed by atoms with E-state index in [-0.39, 0.29) is 29.3 Å². The van der Waals surface area contributed by atoms with E-state index in [1.165, 1.54) is 13.0 Å². The molecule has 0 aliphatic heterocycles. The first-order chi connectivity index (χ1) is 17.7. The minimum absolute atomic E-state index is 0.0622. The Bertz CT molecular complexity index is 1160. The van der Waals surface area contributed by atoms with Gasteiger partial charge in [0.05, 0.1) is 18.1 Å². The van der Waals surface area contributed by atoms with Gasteiger partial charge in [-0.1, -0.05) is 61.8 Å². The lowest BCUT2D eigenvalue weighted by Gasteiger charge is -2.27. The van der Waals surface area contributed by atoms with Crippen LogP contribution in [0.4, 0.5) is 8.78 Å². The molecule has 0 saturated carbocycles. The quantitative estimate of drug-likeness (QED) is 0.229. The van der Waals surface area contributed by atoms with Crippen LogP contribution in [0.1, 0.15) is 55.0 Å². The highest BCUT2D eigenvalue weighted by atomic mass is 35.5. The third kappa shape index (κ3) is 8.51. The molecule has 3 rings (SSSR count). The molecule has 0 bridgehead atoms. The van der Waals surface area contributed by atoms with Crippen LogP contribution in [0.2, 0.25) is 5.02 Å². The summed E-state index contributed by atoms with van der Waals surface area (Å²) in [4.78, 5) is 17.6. The molecule has 2 aromatic carbocycles. The molecule has 1 unspecified atom stereocenters. The average Bonchev–Trinajstić information content (AvgIpc) is 2.88. The Kier molecular flexibility index (Phi) is 10.4. The summed E-state index contributed by atoms with van der Waals surface area (Å²) in [6, 6.07) is 17.7. The normalized spacial score (nSPS) is 12.5. The molecule has 5 nitrogen and oxygen atoms in total. The van der Waals surface area contributed by atoms with E-state index in [9.17, 15) is 13.6 Å². The van der Waals surface area contributed by atoms with E-state index in [0.29, 0.717) is 49.5 Å². The standard InChI is InChI=1S/C29H33ClF2N2O3/c1-3-29(31,32)25-12-7-10-23(28(25)30)20-34(19-21(2)26-13-4-5-14-33-26)15-8-16-37-24-11-6-9-22(17-24)18-27(35)36/h4-7,9-14,17,21H,3,8,15-16,18-20H2,1-2H3,(H,35,36). The van der Waals surface area contributed by atoms with Gasteiger partial charge in [-0.15, -0.1) is 0 Å². The lowest BCUT2D eigenvalue weighted by molar-refractivity contribution is -0.136. The summed E-state index contributed by atoms with van der Waals surface area (Å²) in [5.74, 6) is -3.14. The fraction of sp³-hybridized carbons (Fsp3) is 0.379. The van der Waals surface area contributed by atoms with Crippen molar-refractivity contribution in [3.8, 4) is 5.75 Å². The van der Waals surface area contributed by atoms with Gasteiger partial charge in [0.1, 0.15) is 5.75 Å². The zero-order valence-electron chi connectivity index (χ0n) is 21.2. The number of aromatic nitrogens is 1. The Hall–Kier alpha value is -3.03. The Morgan fingerprint density at radius 2 is 1.95 bits per heavy atom. The van der Waals surface area contributed by atoms with Crippen molar-refractivity contribution in [1.29, 1.82) is 0 Å². The Morgan fingerprint density at radius 3 is 2.65 bits per heavy atom. The topological polar surface area (TPSA) is 62.7 Å². The molecule has 0 fully saturated rings. The largest absolute Gasteiger partial charge is 0.494 e. The van der Waals surface area contributed by atoms with Crippen LogP contribution >= 0.6 is 11.6 Å². The molecule has 37 heavy (non-hydrogen) atoms. The number of carboxylic acid groups (broad SMARTS) is 1. The Morgan fingerprint density at radius 1 is 1.16 bits per heavy atom. The van der Waals surface area contributed by atoms with Crippen molar-refractivity contribution in [2.45, 2.75) is 51.5 Å². The summed E-state index contributed by atoms with van der Waals surface area (Å²) >= 11 is 6.48. The molecule has 0 saturated heterocycles. The number of carbonyl (C=O) groups is 1. The molecule has 0 aliphatic rings. The number of pyridine rings is 1. The molecule has 0 amide bonds. The van der Waals surface area contributed by atoms with E-state index in [4.69, 9.17) is 21.4 Å². The monoisotopic (exact) mass is 530 g/mol. The molecule has 1 atom stereocenters. The van der Waals surface area contributed by atoms with E-state index >= 15 is 0 Å². The molecule has 198 valence electrons. The van der Waals surface area contributed by atoms with Gasteiger partial charge in [0.25, 0.3) is 5.92 Å². The maximum atomic E-state index is 14.4. The van der Waals surface area contributed by atoms with E-state index < -0.39 is 11.9 Å². The minimum Gasteiger partial charge on any atom is -0.494 e. The third-order valence-electron chi connectivity index (χ3n) is 6.18. The number of rotatable bonds is 14. The van der Waals surface area contributed by atoms with Gasteiger partial charge in [0.15, 0.2) is 0 Å². The third-order valence-corrected chi connectivity index (χ3v) is 6.62. The zero-order valence-corrected chi connectivity index (χ0v) is 21.9. The summed E-state index contributed by atoms with van der Waals surface area (Å²) in [5, 5.41) is 9.11. The molecule has 1 heterocycles. The Labute approximate surface area is 222 Å².